The van der Waals surface area contributed by atoms with Crippen LogP contribution in [0.1, 0.15) is 30.5 Å². The number of benzene rings is 3. The maximum absolute atomic E-state index is 14.0. The van der Waals surface area contributed by atoms with E-state index in [-0.39, 0.29) is 28.1 Å². The van der Waals surface area contributed by atoms with Gasteiger partial charge in [0.2, 0.25) is 0 Å². The van der Waals surface area contributed by atoms with Gasteiger partial charge < -0.3 is 9.47 Å². The SMILES string of the molecule is CCOc1cc(/C=C2\C(=O)NC(=S)N(c3ccc(CC)cc3)C2=O)cc(Cl)c1OCc1ccccc1F. The number of nitrogens with one attached hydrogen (secondary N) is 1. The number of carbonyl (C=O) groups excluding carboxylic acids is 2. The average molecular weight is 539 g/mol. The molecule has 1 fully saturated rings. The first-order valence-corrected chi connectivity index (χ1v) is 12.4. The quantitative estimate of drug-likeness (QED) is 0.221. The summed E-state index contributed by atoms with van der Waals surface area (Å²) < 4.78 is 25.5. The van der Waals surface area contributed by atoms with Gasteiger partial charge in [-0.1, -0.05) is 48.9 Å². The first-order chi connectivity index (χ1) is 17.8. The standard InChI is InChI=1S/C28H24ClFN2O4S/c1-3-17-9-11-20(12-10-17)32-27(34)21(26(33)31-28(32)37)13-18-14-22(29)25(24(15-18)35-4-2)36-16-19-7-5-6-8-23(19)30/h5-15H,3-4,16H2,1-2H3,(H,31,33,37)/b21-13+. The minimum Gasteiger partial charge on any atom is -0.490 e. The van der Waals surface area contributed by atoms with E-state index in [1.165, 1.54) is 17.0 Å². The minimum absolute atomic E-state index is 0.00123. The molecule has 190 valence electrons. The summed E-state index contributed by atoms with van der Waals surface area (Å²) in [5.74, 6) is -1.06. The van der Waals surface area contributed by atoms with Crippen molar-refractivity contribution in [3.63, 3.8) is 0 Å². The van der Waals surface area contributed by atoms with E-state index < -0.39 is 17.6 Å². The molecule has 3 aromatic rings. The van der Waals surface area contributed by atoms with E-state index in [0.717, 1.165) is 12.0 Å². The first-order valence-electron chi connectivity index (χ1n) is 11.6. The van der Waals surface area contributed by atoms with Crippen molar-refractivity contribution in [1.29, 1.82) is 0 Å². The first kappa shape index (κ1) is 26.3. The highest BCUT2D eigenvalue weighted by Crippen LogP contribution is 2.38. The lowest BCUT2D eigenvalue weighted by Crippen LogP contribution is -2.54. The smallest absolute Gasteiger partial charge is 0.270 e. The molecule has 37 heavy (non-hydrogen) atoms. The van der Waals surface area contributed by atoms with Gasteiger partial charge in [0.1, 0.15) is 18.0 Å². The molecular formula is C28H24ClFN2O4S. The normalized spacial score (nSPS) is 14.6. The third-order valence-corrected chi connectivity index (χ3v) is 6.24. The van der Waals surface area contributed by atoms with Crippen LogP contribution in [0.15, 0.2) is 66.2 Å². The van der Waals surface area contributed by atoms with Crippen molar-refractivity contribution in [2.45, 2.75) is 26.9 Å². The number of carbonyl (C=O) groups is 2. The van der Waals surface area contributed by atoms with Gasteiger partial charge in [0, 0.05) is 5.56 Å². The zero-order chi connectivity index (χ0) is 26.5. The van der Waals surface area contributed by atoms with Gasteiger partial charge in [-0.25, -0.2) is 4.39 Å². The topological polar surface area (TPSA) is 67.9 Å². The molecule has 0 bridgehead atoms. The summed E-state index contributed by atoms with van der Waals surface area (Å²) in [6.45, 7) is 4.07. The van der Waals surface area contributed by atoms with E-state index >= 15 is 0 Å². The van der Waals surface area contributed by atoms with Crippen LogP contribution in [0.2, 0.25) is 5.02 Å². The van der Waals surface area contributed by atoms with Crippen molar-refractivity contribution in [3.05, 3.63) is 93.8 Å². The molecular weight excluding hydrogens is 515 g/mol. The van der Waals surface area contributed by atoms with E-state index in [9.17, 15) is 14.0 Å². The van der Waals surface area contributed by atoms with Crippen LogP contribution in [0.25, 0.3) is 6.08 Å². The molecule has 1 heterocycles. The Morgan fingerprint density at radius 2 is 1.78 bits per heavy atom. The third kappa shape index (κ3) is 5.81. The Bertz CT molecular complexity index is 1390. The Morgan fingerprint density at radius 3 is 2.46 bits per heavy atom. The van der Waals surface area contributed by atoms with E-state index in [1.807, 2.05) is 19.1 Å². The number of hydrogen-bond acceptors (Lipinski definition) is 5. The van der Waals surface area contributed by atoms with Crippen molar-refractivity contribution < 1.29 is 23.5 Å². The van der Waals surface area contributed by atoms with Crippen molar-refractivity contribution in [2.75, 3.05) is 11.5 Å². The number of nitrogens with zero attached hydrogens (tertiary/aromatic N) is 1. The number of thiocarbonyl (C=S) groups is 1. The number of amides is 2. The summed E-state index contributed by atoms with van der Waals surface area (Å²) in [5, 5.41) is 2.75. The number of ether oxygens (including phenoxy) is 2. The fourth-order valence-electron chi connectivity index (χ4n) is 3.78. The van der Waals surface area contributed by atoms with Crippen LogP contribution >= 0.6 is 23.8 Å². The van der Waals surface area contributed by atoms with Crippen molar-refractivity contribution in [2.24, 2.45) is 0 Å². The van der Waals surface area contributed by atoms with Crippen LogP contribution in [-0.2, 0) is 22.6 Å². The van der Waals surface area contributed by atoms with Crippen molar-refractivity contribution in [1.82, 2.24) is 5.32 Å². The van der Waals surface area contributed by atoms with Crippen LogP contribution in [0.3, 0.4) is 0 Å². The fourth-order valence-corrected chi connectivity index (χ4v) is 4.33. The van der Waals surface area contributed by atoms with E-state index in [1.54, 1.807) is 49.4 Å². The Kier molecular flexibility index (Phi) is 8.21. The molecule has 1 saturated heterocycles. The predicted octanol–water partition coefficient (Wildman–Crippen LogP) is 5.85. The molecule has 9 heteroatoms. The van der Waals surface area contributed by atoms with Gasteiger partial charge in [-0.3, -0.25) is 19.8 Å². The van der Waals surface area contributed by atoms with Gasteiger partial charge >= 0.3 is 0 Å². The molecule has 1 aliphatic rings. The highest BCUT2D eigenvalue weighted by molar-refractivity contribution is 7.80. The number of aryl methyl sites for hydroxylation is 1. The molecule has 0 unspecified atom stereocenters. The van der Waals surface area contributed by atoms with E-state index in [4.69, 9.17) is 33.3 Å². The predicted molar refractivity (Wildman–Crippen MR) is 145 cm³/mol. The third-order valence-electron chi connectivity index (χ3n) is 5.68. The van der Waals surface area contributed by atoms with Crippen LogP contribution in [0.5, 0.6) is 11.5 Å². The lowest BCUT2D eigenvalue weighted by atomic mass is 10.1. The van der Waals surface area contributed by atoms with E-state index in [2.05, 4.69) is 5.32 Å². The molecule has 3 aromatic carbocycles. The Morgan fingerprint density at radius 1 is 1.05 bits per heavy atom. The second kappa shape index (κ2) is 11.5. The van der Waals surface area contributed by atoms with Gasteiger partial charge in [0.05, 0.1) is 17.3 Å². The number of rotatable bonds is 8. The van der Waals surface area contributed by atoms with Crippen LogP contribution in [-0.4, -0.2) is 23.5 Å². The van der Waals surface area contributed by atoms with Gasteiger partial charge in [-0.05, 0) is 73.1 Å². The zero-order valence-corrected chi connectivity index (χ0v) is 21.8. The Hall–Kier alpha value is -3.75. The second-order valence-corrected chi connectivity index (χ2v) is 8.91. The lowest BCUT2D eigenvalue weighted by molar-refractivity contribution is -0.122. The largest absolute Gasteiger partial charge is 0.490 e. The molecule has 0 atom stereocenters. The summed E-state index contributed by atoms with van der Waals surface area (Å²) in [6.07, 6.45) is 2.27. The Balaban J connectivity index is 1.65. The fraction of sp³-hybridized carbons (Fsp3) is 0.179. The number of halogens is 2. The monoisotopic (exact) mass is 538 g/mol. The maximum atomic E-state index is 14.0. The van der Waals surface area contributed by atoms with E-state index in [0.29, 0.717) is 29.2 Å². The molecule has 0 radical (unpaired) electrons. The van der Waals surface area contributed by atoms with Crippen molar-refractivity contribution in [3.8, 4) is 11.5 Å². The number of hydrogen-bond donors (Lipinski definition) is 1. The van der Waals surface area contributed by atoms with Gasteiger partial charge in [-0.2, -0.15) is 0 Å². The van der Waals surface area contributed by atoms with Crippen LogP contribution in [0, 0.1) is 5.82 Å². The minimum atomic E-state index is -0.620. The highest BCUT2D eigenvalue weighted by atomic mass is 35.5. The molecule has 1 aliphatic heterocycles. The van der Waals surface area contributed by atoms with Crippen LogP contribution < -0.4 is 19.7 Å². The van der Waals surface area contributed by atoms with Gasteiger partial charge in [0.25, 0.3) is 11.8 Å². The summed E-state index contributed by atoms with van der Waals surface area (Å²) >= 11 is 11.8. The maximum Gasteiger partial charge on any atom is 0.270 e. The lowest BCUT2D eigenvalue weighted by Gasteiger charge is -2.29. The molecule has 0 saturated carbocycles. The summed E-state index contributed by atoms with van der Waals surface area (Å²) in [7, 11) is 0. The van der Waals surface area contributed by atoms with Crippen LogP contribution in [0.4, 0.5) is 10.1 Å². The highest BCUT2D eigenvalue weighted by Gasteiger charge is 2.34. The summed E-state index contributed by atoms with van der Waals surface area (Å²) in [5.41, 5.74) is 2.34. The molecule has 2 amide bonds. The summed E-state index contributed by atoms with van der Waals surface area (Å²) in [4.78, 5) is 27.3. The number of anilines is 1. The van der Waals surface area contributed by atoms with Gasteiger partial charge in [-0.15, -0.1) is 0 Å². The molecule has 1 N–H and O–H groups in total. The average Bonchev–Trinajstić information content (AvgIpc) is 2.87. The molecule has 0 aliphatic carbocycles. The molecule has 0 aromatic heterocycles. The molecule has 4 rings (SSSR count). The van der Waals surface area contributed by atoms with Crippen molar-refractivity contribution >= 4 is 52.5 Å². The zero-order valence-electron chi connectivity index (χ0n) is 20.2. The molecule has 6 nitrogen and oxygen atoms in total. The Labute approximate surface area is 224 Å². The van der Waals surface area contributed by atoms with Gasteiger partial charge in [0.15, 0.2) is 16.6 Å². The summed E-state index contributed by atoms with van der Waals surface area (Å²) in [6, 6.07) is 16.8. The molecule has 0 spiro atoms. The second-order valence-electron chi connectivity index (χ2n) is 8.12.